The van der Waals surface area contributed by atoms with Crippen molar-refractivity contribution in [2.75, 3.05) is 18.8 Å². The average Bonchev–Trinajstić information content (AvgIpc) is 3.05. The van der Waals surface area contributed by atoms with Crippen LogP contribution in [0.25, 0.3) is 10.8 Å². The molecule has 2 aromatic carbocycles. The fraction of sp³-hybridized carbons (Fsp3) is 0.250. The molecule has 4 heteroatoms. The van der Waals surface area contributed by atoms with Crippen molar-refractivity contribution >= 4 is 28.4 Å². The predicted octanol–water partition coefficient (Wildman–Crippen LogP) is 4.75. The zero-order chi connectivity index (χ0) is 16.4. The minimum atomic E-state index is 0.126. The molecule has 1 unspecified atom stereocenters. The van der Waals surface area contributed by atoms with Crippen LogP contribution in [-0.2, 0) is 0 Å². The Hall–Kier alpha value is -2.20. The van der Waals surface area contributed by atoms with Gasteiger partial charge in [-0.1, -0.05) is 30.3 Å². The molecule has 2 heterocycles. The van der Waals surface area contributed by atoms with Crippen LogP contribution in [-0.4, -0.2) is 29.6 Å². The van der Waals surface area contributed by atoms with E-state index in [0.29, 0.717) is 5.25 Å². The number of carbonyl (C=O) groups excluding carboxylic acids is 1. The van der Waals surface area contributed by atoms with E-state index in [1.807, 2.05) is 59.1 Å². The van der Waals surface area contributed by atoms with E-state index >= 15 is 0 Å². The van der Waals surface area contributed by atoms with Gasteiger partial charge in [-0.25, -0.2) is 0 Å². The number of hydrogen-bond acceptors (Lipinski definition) is 3. The summed E-state index contributed by atoms with van der Waals surface area (Å²) in [5, 5.41) is 2.62. The van der Waals surface area contributed by atoms with Crippen LogP contribution in [0.4, 0.5) is 0 Å². The smallest absolute Gasteiger partial charge is 0.253 e. The van der Waals surface area contributed by atoms with Crippen molar-refractivity contribution in [1.29, 1.82) is 0 Å². The second kappa shape index (κ2) is 6.73. The van der Waals surface area contributed by atoms with Crippen molar-refractivity contribution in [3.63, 3.8) is 0 Å². The Morgan fingerprint density at radius 3 is 2.75 bits per heavy atom. The molecule has 1 aliphatic heterocycles. The zero-order valence-corrected chi connectivity index (χ0v) is 14.2. The van der Waals surface area contributed by atoms with Crippen LogP contribution in [0.15, 0.2) is 65.3 Å². The van der Waals surface area contributed by atoms with Gasteiger partial charge >= 0.3 is 0 Å². The summed E-state index contributed by atoms with van der Waals surface area (Å²) in [6.07, 6.45) is 2.65. The number of fused-ring (bicyclic) bond motifs is 1. The van der Waals surface area contributed by atoms with Gasteiger partial charge in [0, 0.05) is 24.4 Å². The largest absolute Gasteiger partial charge is 0.468 e. The van der Waals surface area contributed by atoms with Crippen molar-refractivity contribution in [3.8, 4) is 0 Å². The first kappa shape index (κ1) is 15.3. The van der Waals surface area contributed by atoms with Crippen LogP contribution < -0.4 is 0 Å². The molecule has 1 fully saturated rings. The maximum Gasteiger partial charge on any atom is 0.253 e. The molecular weight excluding hydrogens is 318 g/mol. The number of thioether (sulfide) groups is 1. The topological polar surface area (TPSA) is 33.5 Å². The molecule has 0 bridgehead atoms. The molecule has 24 heavy (non-hydrogen) atoms. The number of hydrogen-bond donors (Lipinski definition) is 0. The Balaban J connectivity index is 1.51. The van der Waals surface area contributed by atoms with E-state index in [0.717, 1.165) is 42.0 Å². The van der Waals surface area contributed by atoms with Crippen molar-refractivity contribution < 1.29 is 9.21 Å². The molecule has 1 saturated heterocycles. The number of rotatable bonds is 2. The van der Waals surface area contributed by atoms with Crippen molar-refractivity contribution in [3.05, 3.63) is 72.2 Å². The number of amides is 1. The number of benzene rings is 2. The van der Waals surface area contributed by atoms with E-state index < -0.39 is 0 Å². The van der Waals surface area contributed by atoms with Gasteiger partial charge in [-0.15, -0.1) is 11.8 Å². The monoisotopic (exact) mass is 337 g/mol. The van der Waals surface area contributed by atoms with Gasteiger partial charge in [-0.2, -0.15) is 0 Å². The van der Waals surface area contributed by atoms with Gasteiger partial charge in [0.05, 0.1) is 11.5 Å². The maximum atomic E-state index is 12.9. The molecule has 1 aliphatic rings. The fourth-order valence-corrected chi connectivity index (χ4v) is 4.36. The van der Waals surface area contributed by atoms with Crippen LogP contribution in [0.1, 0.15) is 27.8 Å². The second-order valence-corrected chi connectivity index (χ2v) is 7.33. The lowest BCUT2D eigenvalue weighted by Gasteiger charge is -2.20. The minimum absolute atomic E-state index is 0.126. The summed E-state index contributed by atoms with van der Waals surface area (Å²) < 4.78 is 5.53. The molecule has 1 aromatic heterocycles. The normalized spacial score (nSPS) is 18.5. The predicted molar refractivity (Wildman–Crippen MR) is 98.4 cm³/mol. The molecular formula is C20H19NO2S. The van der Waals surface area contributed by atoms with Crippen molar-refractivity contribution in [2.24, 2.45) is 0 Å². The molecule has 1 atom stereocenters. The second-order valence-electron chi connectivity index (χ2n) is 6.02. The van der Waals surface area contributed by atoms with Crippen LogP contribution in [0.5, 0.6) is 0 Å². The van der Waals surface area contributed by atoms with Crippen molar-refractivity contribution in [2.45, 2.75) is 11.7 Å². The van der Waals surface area contributed by atoms with E-state index in [4.69, 9.17) is 4.42 Å². The van der Waals surface area contributed by atoms with Gasteiger partial charge in [0.25, 0.3) is 5.91 Å². The van der Waals surface area contributed by atoms with Crippen LogP contribution >= 0.6 is 11.8 Å². The SMILES string of the molecule is O=C(c1ccc2ccccc2c1)N1CCSC(c2ccco2)CC1. The summed E-state index contributed by atoms with van der Waals surface area (Å²) in [6, 6.07) is 18.1. The van der Waals surface area contributed by atoms with Crippen LogP contribution in [0, 0.1) is 0 Å². The highest BCUT2D eigenvalue weighted by Gasteiger charge is 2.24. The third kappa shape index (κ3) is 3.06. The standard InChI is InChI=1S/C20H19NO2S/c22-20(17-8-7-15-4-1-2-5-16(15)14-17)21-10-9-19(24-13-11-21)18-6-3-12-23-18/h1-8,12,14,19H,9-11,13H2. The molecule has 3 nitrogen and oxygen atoms in total. The third-order valence-corrected chi connectivity index (χ3v) is 5.77. The first-order valence-corrected chi connectivity index (χ1v) is 9.29. The quantitative estimate of drug-likeness (QED) is 0.676. The average molecular weight is 337 g/mol. The lowest BCUT2D eigenvalue weighted by atomic mass is 10.1. The van der Waals surface area contributed by atoms with Gasteiger partial charge in [0.15, 0.2) is 0 Å². The minimum Gasteiger partial charge on any atom is -0.468 e. The maximum absolute atomic E-state index is 12.9. The lowest BCUT2D eigenvalue weighted by Crippen LogP contribution is -2.32. The van der Waals surface area contributed by atoms with Gasteiger partial charge in [0.2, 0.25) is 0 Å². The van der Waals surface area contributed by atoms with E-state index in [2.05, 4.69) is 12.1 Å². The number of carbonyl (C=O) groups is 1. The molecule has 0 N–H and O–H groups in total. The summed E-state index contributed by atoms with van der Waals surface area (Å²) in [4.78, 5) is 14.9. The summed E-state index contributed by atoms with van der Waals surface area (Å²) in [6.45, 7) is 1.55. The summed E-state index contributed by atoms with van der Waals surface area (Å²) in [5.41, 5.74) is 0.773. The Kier molecular flexibility index (Phi) is 4.30. The van der Waals surface area contributed by atoms with Crippen LogP contribution in [0.3, 0.4) is 0 Å². The number of nitrogens with zero attached hydrogens (tertiary/aromatic N) is 1. The van der Waals surface area contributed by atoms with Gasteiger partial charge in [0.1, 0.15) is 5.76 Å². The van der Waals surface area contributed by atoms with Crippen molar-refractivity contribution in [1.82, 2.24) is 4.90 Å². The molecule has 0 spiro atoms. The highest BCUT2D eigenvalue weighted by molar-refractivity contribution is 7.99. The lowest BCUT2D eigenvalue weighted by molar-refractivity contribution is 0.0766. The number of furan rings is 1. The third-order valence-electron chi connectivity index (χ3n) is 4.49. The summed E-state index contributed by atoms with van der Waals surface area (Å²) in [7, 11) is 0. The molecule has 0 saturated carbocycles. The summed E-state index contributed by atoms with van der Waals surface area (Å²) in [5.74, 6) is 2.08. The highest BCUT2D eigenvalue weighted by Crippen LogP contribution is 2.34. The fourth-order valence-electron chi connectivity index (χ4n) is 3.18. The van der Waals surface area contributed by atoms with Gasteiger partial charge in [-0.3, -0.25) is 4.79 Å². The Labute approximate surface area is 145 Å². The van der Waals surface area contributed by atoms with Crippen LogP contribution in [0.2, 0.25) is 0 Å². The molecule has 0 radical (unpaired) electrons. The molecule has 1 amide bonds. The van der Waals surface area contributed by atoms with Gasteiger partial charge < -0.3 is 9.32 Å². The molecule has 0 aliphatic carbocycles. The van der Waals surface area contributed by atoms with E-state index in [9.17, 15) is 4.79 Å². The highest BCUT2D eigenvalue weighted by atomic mass is 32.2. The zero-order valence-electron chi connectivity index (χ0n) is 13.4. The Morgan fingerprint density at radius 2 is 1.92 bits per heavy atom. The Morgan fingerprint density at radius 1 is 1.04 bits per heavy atom. The van der Waals surface area contributed by atoms with E-state index in [1.54, 1.807) is 6.26 Å². The Bertz CT molecular complexity index is 844. The van der Waals surface area contributed by atoms with E-state index in [1.165, 1.54) is 5.39 Å². The first-order chi connectivity index (χ1) is 11.8. The molecule has 122 valence electrons. The summed E-state index contributed by atoms with van der Waals surface area (Å²) >= 11 is 1.87. The van der Waals surface area contributed by atoms with E-state index in [-0.39, 0.29) is 5.91 Å². The molecule has 4 rings (SSSR count). The first-order valence-electron chi connectivity index (χ1n) is 8.24. The van der Waals surface area contributed by atoms with Gasteiger partial charge in [-0.05, 0) is 41.5 Å². The molecule has 3 aromatic rings.